The van der Waals surface area contributed by atoms with Crippen molar-refractivity contribution in [2.45, 2.75) is 13.5 Å². The van der Waals surface area contributed by atoms with Crippen molar-refractivity contribution in [2.24, 2.45) is 0 Å². The van der Waals surface area contributed by atoms with E-state index in [-0.39, 0.29) is 11.6 Å². The zero-order valence-corrected chi connectivity index (χ0v) is 15.6. The highest BCUT2D eigenvalue weighted by atomic mass is 16.5. The van der Waals surface area contributed by atoms with Crippen molar-refractivity contribution in [3.63, 3.8) is 0 Å². The molecule has 2 N–H and O–H groups in total. The summed E-state index contributed by atoms with van der Waals surface area (Å²) in [5, 5.41) is 13.8. The summed E-state index contributed by atoms with van der Waals surface area (Å²) in [7, 11) is 1.33. The summed E-state index contributed by atoms with van der Waals surface area (Å²) in [5.41, 5.74) is 3.49. The fraction of sp³-hybridized carbons (Fsp3) is 0.143. The predicted molar refractivity (Wildman–Crippen MR) is 105 cm³/mol. The molecule has 28 heavy (non-hydrogen) atoms. The van der Waals surface area contributed by atoms with Gasteiger partial charge in [-0.1, -0.05) is 35.9 Å². The van der Waals surface area contributed by atoms with Gasteiger partial charge in [-0.15, -0.1) is 10.2 Å². The Morgan fingerprint density at radius 2 is 1.79 bits per heavy atom. The number of aryl methyl sites for hydroxylation is 1. The fourth-order valence-corrected chi connectivity index (χ4v) is 2.49. The number of rotatable bonds is 6. The maximum absolute atomic E-state index is 12.2. The monoisotopic (exact) mass is 376 g/mol. The molecule has 3 aromatic rings. The van der Waals surface area contributed by atoms with Gasteiger partial charge in [0.05, 0.1) is 12.7 Å². The third kappa shape index (κ3) is 4.91. The number of amides is 1. The highest BCUT2D eigenvalue weighted by Gasteiger charge is 2.09. The molecule has 0 aliphatic heterocycles. The second-order valence-electron chi connectivity index (χ2n) is 6.17. The maximum atomic E-state index is 12.2. The molecule has 1 heterocycles. The van der Waals surface area contributed by atoms with E-state index in [1.807, 2.05) is 31.2 Å². The van der Waals surface area contributed by atoms with Crippen molar-refractivity contribution < 1.29 is 14.3 Å². The predicted octanol–water partition coefficient (Wildman–Crippen LogP) is 3.25. The van der Waals surface area contributed by atoms with Crippen molar-refractivity contribution >= 4 is 23.4 Å². The standard InChI is InChI=1S/C21H20N4O3/c1-14-6-8-15(9-7-14)13-22-20(26)18-10-11-19(25-24-18)23-17-5-3-4-16(12-17)21(27)28-2/h3-12H,13H2,1-2H3,(H,22,26)(H,23,25). The summed E-state index contributed by atoms with van der Waals surface area (Å²) in [5.74, 6) is -0.264. The van der Waals surface area contributed by atoms with E-state index in [9.17, 15) is 9.59 Å². The lowest BCUT2D eigenvalue weighted by Crippen LogP contribution is -2.24. The van der Waals surface area contributed by atoms with Gasteiger partial charge in [-0.2, -0.15) is 0 Å². The van der Waals surface area contributed by atoms with Crippen LogP contribution < -0.4 is 10.6 Å². The number of carbonyl (C=O) groups is 2. The fourth-order valence-electron chi connectivity index (χ4n) is 2.49. The van der Waals surface area contributed by atoms with E-state index in [2.05, 4.69) is 20.8 Å². The van der Waals surface area contributed by atoms with Gasteiger partial charge in [0.15, 0.2) is 11.5 Å². The molecule has 7 heteroatoms. The molecule has 0 aliphatic rings. The molecule has 0 aliphatic carbocycles. The quantitative estimate of drug-likeness (QED) is 0.642. The van der Waals surface area contributed by atoms with E-state index in [1.54, 1.807) is 36.4 Å². The molecule has 1 amide bonds. The van der Waals surface area contributed by atoms with Gasteiger partial charge in [-0.05, 0) is 42.8 Å². The Balaban J connectivity index is 1.60. The summed E-state index contributed by atoms with van der Waals surface area (Å²) in [6, 6.07) is 18.0. The van der Waals surface area contributed by atoms with Crippen LogP contribution in [0.25, 0.3) is 0 Å². The molecular formula is C21H20N4O3. The van der Waals surface area contributed by atoms with Gasteiger partial charge in [0.25, 0.3) is 5.91 Å². The van der Waals surface area contributed by atoms with E-state index < -0.39 is 5.97 Å². The Morgan fingerprint density at radius 1 is 1.00 bits per heavy atom. The third-order valence-corrected chi connectivity index (χ3v) is 4.03. The Morgan fingerprint density at radius 3 is 2.46 bits per heavy atom. The van der Waals surface area contributed by atoms with Crippen molar-refractivity contribution in [3.8, 4) is 0 Å². The van der Waals surface area contributed by atoms with Crippen LogP contribution in [0.4, 0.5) is 11.5 Å². The van der Waals surface area contributed by atoms with Gasteiger partial charge in [-0.25, -0.2) is 4.79 Å². The average molecular weight is 376 g/mol. The topological polar surface area (TPSA) is 93.2 Å². The Kier molecular flexibility index (Phi) is 5.96. The molecule has 2 aromatic carbocycles. The van der Waals surface area contributed by atoms with Crippen molar-refractivity contribution in [1.29, 1.82) is 0 Å². The van der Waals surface area contributed by atoms with Gasteiger partial charge < -0.3 is 15.4 Å². The molecule has 1 aromatic heterocycles. The lowest BCUT2D eigenvalue weighted by molar-refractivity contribution is 0.0600. The third-order valence-electron chi connectivity index (χ3n) is 4.03. The second-order valence-corrected chi connectivity index (χ2v) is 6.17. The van der Waals surface area contributed by atoms with Crippen molar-refractivity contribution in [1.82, 2.24) is 15.5 Å². The minimum Gasteiger partial charge on any atom is -0.465 e. The van der Waals surface area contributed by atoms with Gasteiger partial charge in [0.1, 0.15) is 0 Å². The molecule has 0 fully saturated rings. The van der Waals surface area contributed by atoms with Crippen LogP contribution in [0.15, 0.2) is 60.7 Å². The number of aromatic nitrogens is 2. The minimum absolute atomic E-state index is 0.223. The molecule has 0 saturated heterocycles. The van der Waals surface area contributed by atoms with Gasteiger partial charge >= 0.3 is 5.97 Å². The number of benzene rings is 2. The summed E-state index contributed by atoms with van der Waals surface area (Å²) >= 11 is 0. The zero-order chi connectivity index (χ0) is 19.9. The molecule has 0 spiro atoms. The first-order chi connectivity index (χ1) is 13.5. The van der Waals surface area contributed by atoms with Crippen LogP contribution in [0, 0.1) is 6.92 Å². The van der Waals surface area contributed by atoms with Crippen molar-refractivity contribution in [2.75, 3.05) is 12.4 Å². The van der Waals surface area contributed by atoms with E-state index in [0.717, 1.165) is 5.56 Å². The Labute approximate surface area is 162 Å². The Bertz CT molecular complexity index is 970. The summed E-state index contributed by atoms with van der Waals surface area (Å²) in [6.45, 7) is 2.43. The van der Waals surface area contributed by atoms with E-state index in [0.29, 0.717) is 23.6 Å². The van der Waals surface area contributed by atoms with Crippen LogP contribution in [-0.2, 0) is 11.3 Å². The van der Waals surface area contributed by atoms with Gasteiger partial charge in [0.2, 0.25) is 0 Å². The number of hydrogen-bond acceptors (Lipinski definition) is 6. The molecule has 3 rings (SSSR count). The van der Waals surface area contributed by atoms with Gasteiger partial charge in [-0.3, -0.25) is 4.79 Å². The number of ether oxygens (including phenoxy) is 1. The first kappa shape index (κ1) is 19.0. The van der Waals surface area contributed by atoms with Crippen LogP contribution in [0.1, 0.15) is 32.0 Å². The molecule has 0 radical (unpaired) electrons. The maximum Gasteiger partial charge on any atom is 0.337 e. The Hall–Kier alpha value is -3.74. The van der Waals surface area contributed by atoms with Crippen LogP contribution in [0.5, 0.6) is 0 Å². The van der Waals surface area contributed by atoms with Gasteiger partial charge in [0, 0.05) is 12.2 Å². The number of nitrogens with one attached hydrogen (secondary N) is 2. The smallest absolute Gasteiger partial charge is 0.337 e. The van der Waals surface area contributed by atoms with Crippen LogP contribution in [-0.4, -0.2) is 29.2 Å². The first-order valence-corrected chi connectivity index (χ1v) is 8.68. The molecule has 0 atom stereocenters. The molecular weight excluding hydrogens is 356 g/mol. The summed E-state index contributed by atoms with van der Waals surface area (Å²) < 4.78 is 4.71. The van der Waals surface area contributed by atoms with E-state index in [1.165, 1.54) is 12.7 Å². The average Bonchev–Trinajstić information content (AvgIpc) is 2.73. The molecule has 0 saturated carbocycles. The highest BCUT2D eigenvalue weighted by molar-refractivity contribution is 5.92. The first-order valence-electron chi connectivity index (χ1n) is 8.68. The normalized spacial score (nSPS) is 10.2. The number of methoxy groups -OCH3 is 1. The zero-order valence-electron chi connectivity index (χ0n) is 15.6. The molecule has 0 unspecified atom stereocenters. The van der Waals surface area contributed by atoms with E-state index >= 15 is 0 Å². The molecule has 0 bridgehead atoms. The number of carbonyl (C=O) groups excluding carboxylic acids is 2. The lowest BCUT2D eigenvalue weighted by atomic mass is 10.1. The van der Waals surface area contributed by atoms with E-state index in [4.69, 9.17) is 4.74 Å². The minimum atomic E-state index is -0.421. The summed E-state index contributed by atoms with van der Waals surface area (Å²) in [6.07, 6.45) is 0. The SMILES string of the molecule is COC(=O)c1cccc(Nc2ccc(C(=O)NCc3ccc(C)cc3)nn2)c1. The highest BCUT2D eigenvalue weighted by Crippen LogP contribution is 2.16. The van der Waals surface area contributed by atoms with Crippen LogP contribution in [0.3, 0.4) is 0 Å². The number of anilines is 2. The largest absolute Gasteiger partial charge is 0.465 e. The van der Waals surface area contributed by atoms with Crippen LogP contribution >= 0.6 is 0 Å². The number of nitrogens with zero attached hydrogens (tertiary/aromatic N) is 2. The number of esters is 1. The molecule has 7 nitrogen and oxygen atoms in total. The molecule has 142 valence electrons. The summed E-state index contributed by atoms with van der Waals surface area (Å²) in [4.78, 5) is 23.8. The number of hydrogen-bond donors (Lipinski definition) is 2. The second kappa shape index (κ2) is 8.77. The van der Waals surface area contributed by atoms with Crippen molar-refractivity contribution in [3.05, 3.63) is 83.0 Å². The van der Waals surface area contributed by atoms with Crippen LogP contribution in [0.2, 0.25) is 0 Å². The lowest BCUT2D eigenvalue weighted by Gasteiger charge is -2.08.